The minimum Gasteiger partial charge on any atom is -0.478 e. The molecule has 0 aliphatic carbocycles. The van der Waals surface area contributed by atoms with Crippen molar-refractivity contribution in [1.82, 2.24) is 9.55 Å². The molecule has 0 atom stereocenters. The van der Waals surface area contributed by atoms with E-state index in [1.54, 1.807) is 23.3 Å². The molecule has 1 N–H and O–H groups in total. The Balaban J connectivity index is 2.13. The molecule has 1 heterocycles. The highest BCUT2D eigenvalue weighted by Crippen LogP contribution is 2.13. The van der Waals surface area contributed by atoms with Gasteiger partial charge in [0, 0.05) is 18.9 Å². The van der Waals surface area contributed by atoms with Crippen molar-refractivity contribution in [2.24, 2.45) is 0 Å². The second-order valence-corrected chi connectivity index (χ2v) is 6.06. The van der Waals surface area contributed by atoms with Crippen molar-refractivity contribution in [3.05, 3.63) is 48.5 Å². The Bertz CT molecular complexity index is 660. The number of rotatable bonds is 5. The van der Waals surface area contributed by atoms with Gasteiger partial charge in [-0.1, -0.05) is 0 Å². The topological polar surface area (TPSA) is 89.3 Å². The van der Waals surface area contributed by atoms with Crippen LogP contribution in [0.2, 0.25) is 0 Å². The van der Waals surface area contributed by atoms with Crippen LogP contribution in [0.15, 0.2) is 47.9 Å². The van der Waals surface area contributed by atoms with Crippen LogP contribution < -0.4 is 0 Å². The lowest BCUT2D eigenvalue weighted by Gasteiger charge is -2.05. The summed E-state index contributed by atoms with van der Waals surface area (Å²) in [5.74, 6) is -1.14. The van der Waals surface area contributed by atoms with Gasteiger partial charge in [-0.3, -0.25) is 0 Å². The summed E-state index contributed by atoms with van der Waals surface area (Å²) in [6.07, 6.45) is 4.81. The van der Waals surface area contributed by atoms with Gasteiger partial charge in [0.1, 0.15) is 0 Å². The van der Waals surface area contributed by atoms with Crippen molar-refractivity contribution >= 4 is 15.8 Å². The molecule has 100 valence electrons. The van der Waals surface area contributed by atoms with Gasteiger partial charge < -0.3 is 9.67 Å². The Morgan fingerprint density at radius 1 is 1.26 bits per heavy atom. The molecule has 1 aromatic heterocycles. The van der Waals surface area contributed by atoms with Crippen LogP contribution in [0, 0.1) is 0 Å². The largest absolute Gasteiger partial charge is 0.478 e. The fraction of sp³-hybridized carbons (Fsp3) is 0.167. The molecule has 2 rings (SSSR count). The Morgan fingerprint density at radius 2 is 1.95 bits per heavy atom. The van der Waals surface area contributed by atoms with E-state index in [1.165, 1.54) is 24.3 Å². The van der Waals surface area contributed by atoms with E-state index in [-0.39, 0.29) is 16.2 Å². The van der Waals surface area contributed by atoms with Crippen molar-refractivity contribution < 1.29 is 18.3 Å². The van der Waals surface area contributed by atoms with Gasteiger partial charge in [-0.05, 0) is 24.3 Å². The number of carbonyl (C=O) groups is 1. The van der Waals surface area contributed by atoms with Gasteiger partial charge >= 0.3 is 5.97 Å². The summed E-state index contributed by atoms with van der Waals surface area (Å²) in [5, 5.41) is 8.75. The maximum absolute atomic E-state index is 12.0. The first-order valence-electron chi connectivity index (χ1n) is 5.51. The fourth-order valence-electron chi connectivity index (χ4n) is 1.57. The number of sulfone groups is 1. The van der Waals surface area contributed by atoms with E-state index in [9.17, 15) is 13.2 Å². The number of aromatic carboxylic acids is 1. The van der Waals surface area contributed by atoms with E-state index in [0.717, 1.165) is 0 Å². The third kappa shape index (κ3) is 3.19. The first-order valence-corrected chi connectivity index (χ1v) is 7.16. The van der Waals surface area contributed by atoms with Gasteiger partial charge in [0.05, 0.1) is 22.5 Å². The van der Waals surface area contributed by atoms with Crippen molar-refractivity contribution in [3.63, 3.8) is 0 Å². The van der Waals surface area contributed by atoms with E-state index in [4.69, 9.17) is 5.11 Å². The summed E-state index contributed by atoms with van der Waals surface area (Å²) in [5.41, 5.74) is 0.0635. The van der Waals surface area contributed by atoms with Gasteiger partial charge in [0.25, 0.3) is 0 Å². The molecule has 0 aliphatic heterocycles. The summed E-state index contributed by atoms with van der Waals surface area (Å²) in [7, 11) is -3.42. The first-order chi connectivity index (χ1) is 8.99. The summed E-state index contributed by atoms with van der Waals surface area (Å²) in [6.45, 7) is 0.309. The monoisotopic (exact) mass is 280 g/mol. The molecule has 2 aromatic rings. The predicted octanol–water partition coefficient (Wildman–Crippen LogP) is 1.06. The molecule has 0 saturated heterocycles. The fourth-order valence-corrected chi connectivity index (χ4v) is 2.80. The van der Waals surface area contributed by atoms with Crippen LogP contribution in [0.1, 0.15) is 10.4 Å². The smallest absolute Gasteiger partial charge is 0.335 e. The van der Waals surface area contributed by atoms with E-state index >= 15 is 0 Å². The van der Waals surface area contributed by atoms with Crippen LogP contribution in [0.4, 0.5) is 0 Å². The van der Waals surface area contributed by atoms with Crippen molar-refractivity contribution in [1.29, 1.82) is 0 Å². The Hall–Kier alpha value is -2.15. The lowest BCUT2D eigenvalue weighted by Crippen LogP contribution is -2.12. The van der Waals surface area contributed by atoms with Crippen LogP contribution in [0.25, 0.3) is 0 Å². The number of hydrogen-bond donors (Lipinski definition) is 1. The van der Waals surface area contributed by atoms with E-state index < -0.39 is 15.8 Å². The molecule has 0 spiro atoms. The number of aromatic nitrogens is 2. The summed E-state index contributed by atoms with van der Waals surface area (Å²) in [6, 6.07) is 5.19. The molecule has 19 heavy (non-hydrogen) atoms. The molecule has 0 amide bonds. The third-order valence-corrected chi connectivity index (χ3v) is 4.35. The Kier molecular flexibility index (Phi) is 3.66. The molecular formula is C12H12N2O4S. The van der Waals surface area contributed by atoms with Crippen molar-refractivity contribution in [2.45, 2.75) is 11.4 Å². The van der Waals surface area contributed by atoms with E-state index in [0.29, 0.717) is 6.54 Å². The predicted molar refractivity (Wildman–Crippen MR) is 67.7 cm³/mol. The molecule has 6 nitrogen and oxygen atoms in total. The number of carboxylic acids is 1. The SMILES string of the molecule is O=C(O)c1ccc(S(=O)(=O)CCn2ccnc2)cc1. The lowest BCUT2D eigenvalue weighted by molar-refractivity contribution is 0.0697. The number of nitrogens with zero attached hydrogens (tertiary/aromatic N) is 2. The summed E-state index contributed by atoms with van der Waals surface area (Å²) >= 11 is 0. The molecular weight excluding hydrogens is 268 g/mol. The second-order valence-electron chi connectivity index (χ2n) is 3.95. The summed E-state index contributed by atoms with van der Waals surface area (Å²) < 4.78 is 25.7. The van der Waals surface area contributed by atoms with Crippen molar-refractivity contribution in [2.75, 3.05) is 5.75 Å². The van der Waals surface area contributed by atoms with Crippen LogP contribution in [-0.4, -0.2) is 34.8 Å². The first kappa shape index (κ1) is 13.3. The Morgan fingerprint density at radius 3 is 2.47 bits per heavy atom. The zero-order chi connectivity index (χ0) is 13.9. The quantitative estimate of drug-likeness (QED) is 0.884. The summed E-state index contributed by atoms with van der Waals surface area (Å²) in [4.78, 5) is 14.6. The van der Waals surface area contributed by atoms with Gasteiger partial charge in [-0.15, -0.1) is 0 Å². The van der Waals surface area contributed by atoms with Gasteiger partial charge in [0.2, 0.25) is 0 Å². The molecule has 0 saturated carbocycles. The highest BCUT2D eigenvalue weighted by molar-refractivity contribution is 7.91. The highest BCUT2D eigenvalue weighted by Gasteiger charge is 2.15. The van der Waals surface area contributed by atoms with E-state index in [2.05, 4.69) is 4.98 Å². The number of carboxylic acid groups (broad SMARTS) is 1. The van der Waals surface area contributed by atoms with Gasteiger partial charge in [-0.2, -0.15) is 0 Å². The highest BCUT2D eigenvalue weighted by atomic mass is 32.2. The maximum Gasteiger partial charge on any atom is 0.335 e. The van der Waals surface area contributed by atoms with E-state index in [1.807, 2.05) is 0 Å². The zero-order valence-corrected chi connectivity index (χ0v) is 10.7. The molecule has 0 fully saturated rings. The standard InChI is InChI=1S/C12H12N2O4S/c15-12(16)10-1-3-11(4-2-10)19(17,18)8-7-14-6-5-13-9-14/h1-6,9H,7-8H2,(H,15,16). The van der Waals surface area contributed by atoms with Crippen LogP contribution in [-0.2, 0) is 16.4 Å². The Labute approximate surface area is 110 Å². The number of imidazole rings is 1. The third-order valence-electron chi connectivity index (χ3n) is 2.64. The number of hydrogen-bond acceptors (Lipinski definition) is 4. The maximum atomic E-state index is 12.0. The van der Waals surface area contributed by atoms with Crippen LogP contribution in [0.3, 0.4) is 0 Å². The average Bonchev–Trinajstić information content (AvgIpc) is 2.90. The molecule has 7 heteroatoms. The van der Waals surface area contributed by atoms with Crippen molar-refractivity contribution in [3.8, 4) is 0 Å². The number of aryl methyl sites for hydroxylation is 1. The van der Waals surface area contributed by atoms with Gasteiger partial charge in [-0.25, -0.2) is 18.2 Å². The molecule has 0 aliphatic rings. The molecule has 0 unspecified atom stereocenters. The average molecular weight is 280 g/mol. The normalized spacial score (nSPS) is 11.4. The molecule has 0 bridgehead atoms. The second kappa shape index (κ2) is 5.23. The van der Waals surface area contributed by atoms with Crippen LogP contribution in [0.5, 0.6) is 0 Å². The number of benzene rings is 1. The van der Waals surface area contributed by atoms with Gasteiger partial charge in [0.15, 0.2) is 9.84 Å². The molecule has 1 aromatic carbocycles. The lowest BCUT2D eigenvalue weighted by atomic mass is 10.2. The van der Waals surface area contributed by atoms with Crippen LogP contribution >= 0.6 is 0 Å². The minimum atomic E-state index is -3.42. The molecule has 0 radical (unpaired) electrons. The minimum absolute atomic E-state index is 0.0597. The zero-order valence-electron chi connectivity index (χ0n) is 9.93.